The minimum atomic E-state index is -4.88. The lowest BCUT2D eigenvalue weighted by atomic mass is 9.47. The second-order valence-electron chi connectivity index (χ2n) is 27.0. The third-order valence-corrected chi connectivity index (χ3v) is 21.3. The van der Waals surface area contributed by atoms with Crippen LogP contribution in [0.3, 0.4) is 0 Å². The summed E-state index contributed by atoms with van der Waals surface area (Å²) in [6.07, 6.45) is -36.1. The Balaban J connectivity index is 1.000. The van der Waals surface area contributed by atoms with Crippen molar-refractivity contribution in [3.63, 3.8) is 0 Å². The molecule has 490 valence electrons. The van der Waals surface area contributed by atoms with E-state index in [9.17, 15) is 79.0 Å². The van der Waals surface area contributed by atoms with Crippen molar-refractivity contribution in [3.05, 3.63) is 11.6 Å². The third-order valence-electron chi connectivity index (χ3n) is 20.7. The van der Waals surface area contributed by atoms with Gasteiger partial charge in [-0.05, 0) is 126 Å². The number of Topliss-reactive ketones (excluding diaryl/α,β-unsaturated/α-hetero) is 1. The first-order chi connectivity index (χ1) is 39.6. The van der Waals surface area contributed by atoms with Gasteiger partial charge in [0.15, 0.2) is 31.5 Å². The molecule has 0 radical (unpaired) electrons. The molecule has 5 saturated heterocycles. The zero-order valence-electron chi connectivity index (χ0n) is 49.9. The topological polar surface area (TPSA) is 416 Å². The Morgan fingerprint density at radius 3 is 1.68 bits per heavy atom. The number of aliphatic hydroxyl groups is 12. The smallest absolute Gasteiger partial charge is 0.388 e. The van der Waals surface area contributed by atoms with Crippen LogP contribution in [0.1, 0.15) is 127 Å². The molecule has 0 amide bonds. The van der Waals surface area contributed by atoms with Crippen LogP contribution in [0.15, 0.2) is 11.6 Å². The zero-order valence-corrected chi connectivity index (χ0v) is 50.7. The summed E-state index contributed by atoms with van der Waals surface area (Å²) in [5.41, 5.74) is 0.378. The minimum absolute atomic E-state index is 0.0748. The lowest BCUT2D eigenvalue weighted by Crippen LogP contribution is -2.70. The van der Waals surface area contributed by atoms with Gasteiger partial charge < -0.3 is 109 Å². The summed E-state index contributed by atoms with van der Waals surface area (Å²) in [6.45, 7) is 17.4. The molecule has 0 bridgehead atoms. The van der Waals surface area contributed by atoms with Crippen LogP contribution in [0.25, 0.3) is 0 Å². The van der Waals surface area contributed by atoms with Crippen molar-refractivity contribution < 1.29 is 131 Å². The Morgan fingerprint density at radius 2 is 1.11 bits per heavy atom. The van der Waals surface area contributed by atoms with Crippen molar-refractivity contribution >= 4 is 16.2 Å². The van der Waals surface area contributed by atoms with E-state index in [1.807, 2.05) is 13.8 Å². The van der Waals surface area contributed by atoms with Gasteiger partial charge in [0.1, 0.15) is 97.3 Å². The van der Waals surface area contributed by atoms with E-state index in [4.69, 9.17) is 51.6 Å². The first-order valence-corrected chi connectivity index (χ1v) is 31.6. The molecule has 13 N–H and O–H groups in total. The van der Waals surface area contributed by atoms with E-state index < -0.39 is 187 Å². The van der Waals surface area contributed by atoms with E-state index in [1.54, 1.807) is 0 Å². The van der Waals surface area contributed by atoms with E-state index in [0.29, 0.717) is 25.7 Å². The van der Waals surface area contributed by atoms with Gasteiger partial charge in [-0.1, -0.05) is 46.3 Å². The number of fused-ring (bicyclic) bond motifs is 5. The number of aliphatic hydroxyl groups excluding tert-OH is 10. The van der Waals surface area contributed by atoms with E-state index in [2.05, 4.69) is 26.8 Å². The van der Waals surface area contributed by atoms with E-state index in [1.165, 1.54) is 40.2 Å². The largest absolute Gasteiger partial charge is 0.397 e. The first-order valence-electron chi connectivity index (χ1n) is 30.3. The molecule has 85 heavy (non-hydrogen) atoms. The molecule has 9 aliphatic rings. The Morgan fingerprint density at radius 1 is 0.588 bits per heavy atom. The lowest BCUT2D eigenvalue weighted by molar-refractivity contribution is -0.432. The van der Waals surface area contributed by atoms with Crippen LogP contribution in [-0.4, -0.2) is 245 Å². The highest BCUT2D eigenvalue weighted by atomic mass is 32.3. The molecule has 0 aromatic heterocycles. The van der Waals surface area contributed by atoms with Gasteiger partial charge in [0.2, 0.25) is 5.79 Å². The third kappa shape index (κ3) is 13.3. The normalized spacial score (nSPS) is 51.5. The Kier molecular flexibility index (Phi) is 20.6. The molecular formula is C57H94O27S. The first kappa shape index (κ1) is 67.8. The molecule has 3 saturated carbocycles. The summed E-state index contributed by atoms with van der Waals surface area (Å²) in [5.74, 6) is -2.71. The van der Waals surface area contributed by atoms with Crippen molar-refractivity contribution in [2.24, 2.45) is 46.3 Å². The van der Waals surface area contributed by atoms with Crippen LogP contribution in [0, 0.1) is 46.3 Å². The molecule has 8 fully saturated rings. The molecule has 33 atom stereocenters. The van der Waals surface area contributed by atoms with Crippen LogP contribution >= 0.6 is 0 Å². The van der Waals surface area contributed by atoms with Crippen molar-refractivity contribution in [2.75, 3.05) is 0 Å². The Labute approximate surface area is 495 Å². The molecular weight excluding hydrogens is 1150 g/mol. The number of hydrogen-bond acceptors (Lipinski definition) is 26. The van der Waals surface area contributed by atoms with Crippen molar-refractivity contribution in [2.45, 2.75) is 292 Å². The molecule has 0 aromatic rings. The SMILES string of the molecule is CC(C)CC(=O)C[C@@H](C)[C@H]1CC[C@H]2[C@@H]3C[C@H](O[C@@H]4O[C@H](C)C(O)(O)[C@H](O[C@@H]5O[C@H](C)[C@@H](O[C@@H]6O[C@H](C)[C@H](O)[C@H](O)[C@H]6O[C@@H]6O[C@H](C)[C@H](O)[C@H](O)[C@H]6O)[C@H](O)[C@H]5O[C@@H]5O[C@H](C)[C@@H](O)[C@H](O)[C@H]5O)[C@H]4O)[C@H]4C[C@@H](OS(=O)(=O)O)CC[C@]4(C)C3=CC[C@]12C. The summed E-state index contributed by atoms with van der Waals surface area (Å²) in [7, 11) is -4.88. The average Bonchev–Trinajstić information content (AvgIpc) is 1.79. The fourth-order valence-corrected chi connectivity index (χ4v) is 16.5. The van der Waals surface area contributed by atoms with Gasteiger partial charge in [0.25, 0.3) is 0 Å². The van der Waals surface area contributed by atoms with Crippen LogP contribution < -0.4 is 0 Å². The van der Waals surface area contributed by atoms with Gasteiger partial charge in [-0.25, -0.2) is 4.18 Å². The second kappa shape index (κ2) is 25.8. The number of carbonyl (C=O) groups is 1. The standard InChI is InChI=1S/C57H94O27S/c1-21(2)17-28(58)18-22(3)31-11-12-32-30-20-35(34-19-29(84-85(71,72)73)13-15-56(34,10)33(30)14-16-55(31,32)9)79-52-45(68)49(57(69,70)27(8)78-52)83-54-48(82-51-43(66)40(63)37(60)24(5)75-51)44(67)46(26(7)77-54)80-53-47(41(64)38(61)25(6)76-53)81-50-42(65)39(62)36(59)23(4)74-50/h14,21-27,29-32,34-54,59-70H,11-13,15-20H2,1-10H3,(H,71,72,73)/t22-,23-,24-,25-,26-,27-,29+,30+,31-,32+,34-,35+,36+,37-,38+,39+,40+,41+,42-,43-,44+,45-,46-,47-,48-,49-,50+,51+,52+,53+,54+,55-,56-/m1/s1. The lowest BCUT2D eigenvalue weighted by Gasteiger charge is -2.60. The van der Waals surface area contributed by atoms with Crippen LogP contribution in [0.2, 0.25) is 0 Å². The van der Waals surface area contributed by atoms with Gasteiger partial charge in [-0.2, -0.15) is 8.42 Å². The number of carbonyl (C=O) groups excluding carboxylic acids is 1. The summed E-state index contributed by atoms with van der Waals surface area (Å²) < 4.78 is 101. The van der Waals surface area contributed by atoms with Crippen molar-refractivity contribution in [1.29, 1.82) is 0 Å². The van der Waals surface area contributed by atoms with Gasteiger partial charge in [-0.15, -0.1) is 0 Å². The predicted octanol–water partition coefficient (Wildman–Crippen LogP) is -1.06. The maximum Gasteiger partial charge on any atom is 0.397 e. The van der Waals surface area contributed by atoms with E-state index >= 15 is 0 Å². The Hall–Kier alpha value is -1.60. The van der Waals surface area contributed by atoms with Gasteiger partial charge in [-0.3, -0.25) is 9.35 Å². The molecule has 27 nitrogen and oxygen atoms in total. The highest BCUT2D eigenvalue weighted by Gasteiger charge is 2.64. The van der Waals surface area contributed by atoms with Crippen LogP contribution in [0.4, 0.5) is 0 Å². The molecule has 5 aliphatic heterocycles. The maximum atomic E-state index is 13.2. The summed E-state index contributed by atoms with van der Waals surface area (Å²) >= 11 is 0. The highest BCUT2D eigenvalue weighted by Crippen LogP contribution is 2.67. The fraction of sp³-hybridized carbons (Fsp3) is 0.947. The molecule has 0 spiro atoms. The zero-order chi connectivity index (χ0) is 62.5. The molecule has 0 aromatic carbocycles. The van der Waals surface area contributed by atoms with E-state index in [-0.39, 0.29) is 53.6 Å². The number of allylic oxidation sites excluding steroid dienone is 2. The maximum absolute atomic E-state index is 13.2. The van der Waals surface area contributed by atoms with Gasteiger partial charge >= 0.3 is 10.4 Å². The molecule has 9 rings (SSSR count). The summed E-state index contributed by atoms with van der Waals surface area (Å²) in [6, 6.07) is 0. The van der Waals surface area contributed by atoms with Crippen LogP contribution in [-0.2, 0) is 66.7 Å². The number of ketones is 1. The second-order valence-corrected chi connectivity index (χ2v) is 28.0. The van der Waals surface area contributed by atoms with Crippen molar-refractivity contribution in [3.8, 4) is 0 Å². The molecule has 4 aliphatic carbocycles. The highest BCUT2D eigenvalue weighted by molar-refractivity contribution is 7.80. The van der Waals surface area contributed by atoms with Crippen molar-refractivity contribution in [1.82, 2.24) is 0 Å². The van der Waals surface area contributed by atoms with Gasteiger partial charge in [0.05, 0.1) is 36.6 Å². The monoisotopic (exact) mass is 1240 g/mol. The minimum Gasteiger partial charge on any atom is -0.388 e. The van der Waals surface area contributed by atoms with E-state index in [0.717, 1.165) is 19.3 Å². The molecule has 28 heteroatoms. The quantitative estimate of drug-likeness (QED) is 0.0469. The summed E-state index contributed by atoms with van der Waals surface area (Å²) in [4.78, 5) is 13.2. The predicted molar refractivity (Wildman–Crippen MR) is 289 cm³/mol. The van der Waals surface area contributed by atoms with Crippen LogP contribution in [0.5, 0.6) is 0 Å². The number of ether oxygens (including phenoxy) is 10. The fourth-order valence-electron chi connectivity index (χ4n) is 16.0. The average molecular weight is 1240 g/mol. The molecule has 5 heterocycles. The molecule has 0 unspecified atom stereocenters. The number of rotatable bonds is 17. The Bertz CT molecular complexity index is 2440. The summed E-state index contributed by atoms with van der Waals surface area (Å²) in [5, 5.41) is 135. The number of hydrogen-bond donors (Lipinski definition) is 13. The van der Waals surface area contributed by atoms with Gasteiger partial charge in [0, 0.05) is 12.8 Å².